The Hall–Kier alpha value is -0.770. The average molecular weight is 303 g/mol. The summed E-state index contributed by atoms with van der Waals surface area (Å²) in [4.78, 5) is 12.2. The molecule has 1 unspecified atom stereocenters. The molecule has 1 atom stereocenters. The molecular weight excluding hydrogens is 283 g/mol. The fraction of sp³-hybridized carbons (Fsp3) is 0.500. The van der Waals surface area contributed by atoms with E-state index in [-0.39, 0.29) is 17.2 Å². The Labute approximate surface area is 124 Å². The van der Waals surface area contributed by atoms with E-state index in [1.807, 2.05) is 0 Å². The fourth-order valence-corrected chi connectivity index (χ4v) is 2.42. The fourth-order valence-electron chi connectivity index (χ4n) is 1.89. The zero-order valence-corrected chi connectivity index (χ0v) is 13.0. The molecule has 0 aromatic heterocycles. The topological polar surface area (TPSA) is 55.1 Å². The van der Waals surface area contributed by atoms with E-state index in [1.165, 1.54) is 0 Å². The third kappa shape index (κ3) is 5.81. The molecule has 3 nitrogen and oxygen atoms in total. The maximum Gasteiger partial charge on any atom is 0.228 e. The molecule has 0 aliphatic carbocycles. The van der Waals surface area contributed by atoms with Gasteiger partial charge in [-0.3, -0.25) is 4.79 Å². The van der Waals surface area contributed by atoms with Crippen molar-refractivity contribution in [3.63, 3.8) is 0 Å². The predicted octanol–water partition coefficient (Wildman–Crippen LogP) is 3.94. The standard InChI is InChI=1S/C14H20Cl2N2O/c1-14(2,3)7-9(8-17)13(19)18-12-5-10(15)4-11(16)6-12/h4-6,9H,7-8,17H2,1-3H3,(H,18,19). The molecule has 0 spiro atoms. The highest BCUT2D eigenvalue weighted by Gasteiger charge is 2.23. The molecule has 5 heteroatoms. The minimum absolute atomic E-state index is 0.0490. The highest BCUT2D eigenvalue weighted by atomic mass is 35.5. The van der Waals surface area contributed by atoms with Gasteiger partial charge >= 0.3 is 0 Å². The van der Waals surface area contributed by atoms with Gasteiger partial charge in [-0.1, -0.05) is 44.0 Å². The van der Waals surface area contributed by atoms with Crippen LogP contribution in [-0.2, 0) is 4.79 Å². The van der Waals surface area contributed by atoms with Gasteiger partial charge in [0, 0.05) is 22.3 Å². The SMILES string of the molecule is CC(C)(C)CC(CN)C(=O)Nc1cc(Cl)cc(Cl)c1. The molecule has 1 aromatic carbocycles. The van der Waals surface area contributed by atoms with Gasteiger partial charge in [-0.15, -0.1) is 0 Å². The quantitative estimate of drug-likeness (QED) is 0.885. The summed E-state index contributed by atoms with van der Waals surface area (Å²) in [5, 5.41) is 3.79. The predicted molar refractivity (Wildman–Crippen MR) is 81.7 cm³/mol. The number of nitrogens with two attached hydrogens (primary N) is 1. The van der Waals surface area contributed by atoms with Crippen LogP contribution in [0.2, 0.25) is 10.0 Å². The van der Waals surface area contributed by atoms with Crippen LogP contribution in [0, 0.1) is 11.3 Å². The van der Waals surface area contributed by atoms with Crippen molar-refractivity contribution in [3.05, 3.63) is 28.2 Å². The molecule has 1 rings (SSSR count). The molecule has 0 fully saturated rings. The average Bonchev–Trinajstić information content (AvgIpc) is 2.22. The Kier molecular flexibility index (Phi) is 5.65. The second kappa shape index (κ2) is 6.60. The summed E-state index contributed by atoms with van der Waals surface area (Å²) in [5.74, 6) is -0.325. The van der Waals surface area contributed by atoms with Crippen molar-refractivity contribution in [3.8, 4) is 0 Å². The van der Waals surface area contributed by atoms with E-state index in [1.54, 1.807) is 18.2 Å². The maximum atomic E-state index is 12.2. The first-order valence-corrected chi connectivity index (χ1v) is 6.94. The minimum Gasteiger partial charge on any atom is -0.330 e. The van der Waals surface area contributed by atoms with Gasteiger partial charge < -0.3 is 11.1 Å². The monoisotopic (exact) mass is 302 g/mol. The number of benzene rings is 1. The lowest BCUT2D eigenvalue weighted by molar-refractivity contribution is -0.120. The van der Waals surface area contributed by atoms with Crippen molar-refractivity contribution in [2.24, 2.45) is 17.1 Å². The molecular formula is C14H20Cl2N2O. The molecule has 0 bridgehead atoms. The van der Waals surface area contributed by atoms with Crippen molar-refractivity contribution < 1.29 is 4.79 Å². The van der Waals surface area contributed by atoms with Crippen molar-refractivity contribution in [1.82, 2.24) is 0 Å². The van der Waals surface area contributed by atoms with E-state index in [2.05, 4.69) is 26.1 Å². The normalized spacial score (nSPS) is 13.2. The van der Waals surface area contributed by atoms with Crippen LogP contribution in [0.3, 0.4) is 0 Å². The van der Waals surface area contributed by atoms with Crippen LogP contribution in [0.15, 0.2) is 18.2 Å². The Bertz CT molecular complexity index is 435. The number of rotatable bonds is 4. The molecule has 0 aliphatic heterocycles. The number of carbonyl (C=O) groups excluding carboxylic acids is 1. The summed E-state index contributed by atoms with van der Waals surface area (Å²) in [6, 6.07) is 4.94. The lowest BCUT2D eigenvalue weighted by atomic mass is 9.84. The molecule has 0 saturated heterocycles. The number of carbonyl (C=O) groups is 1. The Morgan fingerprint density at radius 3 is 2.21 bits per heavy atom. The largest absolute Gasteiger partial charge is 0.330 e. The van der Waals surface area contributed by atoms with E-state index in [0.29, 0.717) is 22.3 Å². The van der Waals surface area contributed by atoms with Crippen LogP contribution < -0.4 is 11.1 Å². The lowest BCUT2D eigenvalue weighted by Crippen LogP contribution is -2.32. The van der Waals surface area contributed by atoms with Crippen molar-refractivity contribution in [2.75, 3.05) is 11.9 Å². The van der Waals surface area contributed by atoms with Crippen LogP contribution in [0.25, 0.3) is 0 Å². The van der Waals surface area contributed by atoms with E-state index >= 15 is 0 Å². The minimum atomic E-state index is -0.224. The zero-order chi connectivity index (χ0) is 14.6. The van der Waals surface area contributed by atoms with Crippen LogP contribution in [0.1, 0.15) is 27.2 Å². The van der Waals surface area contributed by atoms with Crippen molar-refractivity contribution >= 4 is 34.8 Å². The lowest BCUT2D eigenvalue weighted by Gasteiger charge is -2.24. The second-order valence-corrected chi connectivity index (χ2v) is 6.72. The number of halogens is 2. The van der Waals surface area contributed by atoms with Crippen LogP contribution in [0.4, 0.5) is 5.69 Å². The van der Waals surface area contributed by atoms with Crippen LogP contribution in [0.5, 0.6) is 0 Å². The van der Waals surface area contributed by atoms with Gasteiger partial charge in [-0.2, -0.15) is 0 Å². The number of anilines is 1. The van der Waals surface area contributed by atoms with E-state index in [9.17, 15) is 4.79 Å². The molecule has 0 heterocycles. The number of amides is 1. The highest BCUT2D eigenvalue weighted by molar-refractivity contribution is 6.35. The summed E-state index contributed by atoms with van der Waals surface area (Å²) < 4.78 is 0. The zero-order valence-electron chi connectivity index (χ0n) is 11.5. The number of nitrogens with one attached hydrogen (secondary N) is 1. The smallest absolute Gasteiger partial charge is 0.228 e. The third-order valence-electron chi connectivity index (χ3n) is 2.64. The summed E-state index contributed by atoms with van der Waals surface area (Å²) >= 11 is 11.8. The first kappa shape index (κ1) is 16.3. The first-order valence-electron chi connectivity index (χ1n) is 6.18. The van der Waals surface area contributed by atoms with Gasteiger partial charge in [0.25, 0.3) is 0 Å². The molecule has 3 N–H and O–H groups in total. The summed E-state index contributed by atoms with van der Waals surface area (Å²) in [5.41, 5.74) is 6.32. The van der Waals surface area contributed by atoms with Crippen molar-refractivity contribution in [2.45, 2.75) is 27.2 Å². The van der Waals surface area contributed by atoms with Gasteiger partial charge in [0.15, 0.2) is 0 Å². The van der Waals surface area contributed by atoms with Gasteiger partial charge in [-0.05, 0) is 30.0 Å². The van der Waals surface area contributed by atoms with Crippen LogP contribution >= 0.6 is 23.2 Å². The molecule has 0 radical (unpaired) electrons. The van der Waals surface area contributed by atoms with E-state index < -0.39 is 0 Å². The van der Waals surface area contributed by atoms with Gasteiger partial charge in [-0.25, -0.2) is 0 Å². The molecule has 0 aliphatic rings. The van der Waals surface area contributed by atoms with Gasteiger partial charge in [0.1, 0.15) is 0 Å². The van der Waals surface area contributed by atoms with Gasteiger partial charge in [0.05, 0.1) is 5.92 Å². The summed E-state index contributed by atoms with van der Waals surface area (Å²) in [7, 11) is 0. The van der Waals surface area contributed by atoms with Crippen LogP contribution in [-0.4, -0.2) is 12.5 Å². The highest BCUT2D eigenvalue weighted by Crippen LogP contribution is 2.26. The van der Waals surface area contributed by atoms with Crippen molar-refractivity contribution in [1.29, 1.82) is 0 Å². The molecule has 1 aromatic rings. The first-order chi connectivity index (χ1) is 8.71. The molecule has 0 saturated carbocycles. The molecule has 1 amide bonds. The van der Waals surface area contributed by atoms with E-state index in [0.717, 1.165) is 6.42 Å². The summed E-state index contributed by atoms with van der Waals surface area (Å²) in [6.45, 7) is 6.56. The maximum absolute atomic E-state index is 12.2. The Morgan fingerprint density at radius 1 is 1.26 bits per heavy atom. The molecule has 19 heavy (non-hydrogen) atoms. The number of hydrogen-bond acceptors (Lipinski definition) is 2. The third-order valence-corrected chi connectivity index (χ3v) is 3.08. The Balaban J connectivity index is 2.77. The van der Waals surface area contributed by atoms with Gasteiger partial charge in [0.2, 0.25) is 5.91 Å². The molecule has 106 valence electrons. The second-order valence-electron chi connectivity index (χ2n) is 5.84. The number of hydrogen-bond donors (Lipinski definition) is 2. The van der Waals surface area contributed by atoms with E-state index in [4.69, 9.17) is 28.9 Å². The summed E-state index contributed by atoms with van der Waals surface area (Å²) in [6.07, 6.45) is 0.726. The Morgan fingerprint density at radius 2 is 1.79 bits per heavy atom.